The second kappa shape index (κ2) is 8.04. The SMILES string of the molecule is Cl.O=C(NCCN1CCNCC1)C1CC1c1c(F)cccc1F. The van der Waals surface area contributed by atoms with E-state index in [1.165, 1.54) is 18.2 Å². The average molecular weight is 346 g/mol. The van der Waals surface area contributed by atoms with E-state index in [-0.39, 0.29) is 35.7 Å². The highest BCUT2D eigenvalue weighted by Crippen LogP contribution is 2.49. The summed E-state index contributed by atoms with van der Waals surface area (Å²) in [4.78, 5) is 14.4. The zero-order chi connectivity index (χ0) is 15.5. The van der Waals surface area contributed by atoms with Gasteiger partial charge >= 0.3 is 0 Å². The van der Waals surface area contributed by atoms with Crippen molar-refractivity contribution in [3.05, 3.63) is 35.4 Å². The first-order chi connectivity index (χ1) is 10.7. The topological polar surface area (TPSA) is 44.4 Å². The fourth-order valence-electron chi connectivity index (χ4n) is 3.07. The summed E-state index contributed by atoms with van der Waals surface area (Å²) in [6.07, 6.45) is 0.525. The molecule has 128 valence electrons. The Kier molecular flexibility index (Phi) is 6.33. The normalized spacial score (nSPS) is 23.9. The first-order valence-corrected chi connectivity index (χ1v) is 7.81. The Morgan fingerprint density at radius 3 is 2.57 bits per heavy atom. The number of halogens is 3. The van der Waals surface area contributed by atoms with Crippen molar-refractivity contribution < 1.29 is 13.6 Å². The third-order valence-electron chi connectivity index (χ3n) is 4.43. The number of nitrogens with one attached hydrogen (secondary N) is 2. The lowest BCUT2D eigenvalue weighted by Gasteiger charge is -2.27. The molecule has 7 heteroatoms. The van der Waals surface area contributed by atoms with Crippen LogP contribution in [0.5, 0.6) is 0 Å². The van der Waals surface area contributed by atoms with Gasteiger partial charge in [-0.1, -0.05) is 6.07 Å². The van der Waals surface area contributed by atoms with Crippen LogP contribution in [0.1, 0.15) is 17.9 Å². The van der Waals surface area contributed by atoms with Crippen LogP contribution in [0.4, 0.5) is 8.78 Å². The van der Waals surface area contributed by atoms with Crippen molar-refractivity contribution in [2.24, 2.45) is 5.92 Å². The zero-order valence-electron chi connectivity index (χ0n) is 12.9. The number of rotatable bonds is 5. The molecule has 1 saturated carbocycles. The fraction of sp³-hybridized carbons (Fsp3) is 0.562. The van der Waals surface area contributed by atoms with Crippen molar-refractivity contribution in [3.8, 4) is 0 Å². The van der Waals surface area contributed by atoms with Crippen LogP contribution in [0.15, 0.2) is 18.2 Å². The van der Waals surface area contributed by atoms with Crippen LogP contribution in [-0.4, -0.2) is 50.1 Å². The fourth-order valence-corrected chi connectivity index (χ4v) is 3.07. The van der Waals surface area contributed by atoms with Gasteiger partial charge in [0, 0.05) is 56.7 Å². The van der Waals surface area contributed by atoms with E-state index in [2.05, 4.69) is 15.5 Å². The van der Waals surface area contributed by atoms with E-state index < -0.39 is 11.6 Å². The number of carbonyl (C=O) groups is 1. The largest absolute Gasteiger partial charge is 0.355 e. The molecule has 1 heterocycles. The molecule has 1 aromatic carbocycles. The monoisotopic (exact) mass is 345 g/mol. The van der Waals surface area contributed by atoms with Crippen LogP contribution in [0.2, 0.25) is 0 Å². The molecule has 2 atom stereocenters. The molecule has 0 aromatic heterocycles. The van der Waals surface area contributed by atoms with Gasteiger partial charge in [0.2, 0.25) is 5.91 Å². The molecule has 3 rings (SSSR count). The van der Waals surface area contributed by atoms with Crippen molar-refractivity contribution in [1.82, 2.24) is 15.5 Å². The minimum Gasteiger partial charge on any atom is -0.355 e. The van der Waals surface area contributed by atoms with Gasteiger partial charge in [-0.25, -0.2) is 8.78 Å². The van der Waals surface area contributed by atoms with E-state index in [0.717, 1.165) is 32.7 Å². The lowest BCUT2D eigenvalue weighted by Crippen LogP contribution is -2.46. The summed E-state index contributed by atoms with van der Waals surface area (Å²) in [7, 11) is 0. The van der Waals surface area contributed by atoms with Gasteiger partial charge in [0.25, 0.3) is 0 Å². The van der Waals surface area contributed by atoms with Crippen LogP contribution in [0, 0.1) is 17.6 Å². The maximum absolute atomic E-state index is 13.7. The highest BCUT2D eigenvalue weighted by Gasteiger charge is 2.46. The number of hydrogen-bond donors (Lipinski definition) is 2. The summed E-state index contributed by atoms with van der Waals surface area (Å²) in [5, 5.41) is 6.16. The second-order valence-corrected chi connectivity index (χ2v) is 5.97. The van der Waals surface area contributed by atoms with E-state index in [1.807, 2.05) is 0 Å². The summed E-state index contributed by atoms with van der Waals surface area (Å²) < 4.78 is 27.4. The van der Waals surface area contributed by atoms with E-state index in [4.69, 9.17) is 0 Å². The molecule has 2 unspecified atom stereocenters. The van der Waals surface area contributed by atoms with Crippen molar-refractivity contribution in [1.29, 1.82) is 0 Å². The Morgan fingerprint density at radius 2 is 1.91 bits per heavy atom. The second-order valence-electron chi connectivity index (χ2n) is 5.97. The van der Waals surface area contributed by atoms with E-state index >= 15 is 0 Å². The van der Waals surface area contributed by atoms with E-state index in [1.54, 1.807) is 0 Å². The van der Waals surface area contributed by atoms with Crippen molar-refractivity contribution in [3.63, 3.8) is 0 Å². The van der Waals surface area contributed by atoms with Gasteiger partial charge in [-0.15, -0.1) is 12.4 Å². The number of piperazine rings is 1. The van der Waals surface area contributed by atoms with E-state index in [9.17, 15) is 13.6 Å². The average Bonchev–Trinajstić information content (AvgIpc) is 3.28. The Balaban J connectivity index is 0.00000192. The van der Waals surface area contributed by atoms with Gasteiger partial charge < -0.3 is 10.6 Å². The first kappa shape index (κ1) is 18.1. The molecule has 1 aliphatic carbocycles. The van der Waals surface area contributed by atoms with Crippen molar-refractivity contribution in [2.45, 2.75) is 12.3 Å². The molecule has 1 amide bonds. The summed E-state index contributed by atoms with van der Waals surface area (Å²) in [5.74, 6) is -1.82. The highest BCUT2D eigenvalue weighted by atomic mass is 35.5. The molecule has 2 N–H and O–H groups in total. The molecule has 0 bridgehead atoms. The minimum absolute atomic E-state index is 0. The van der Waals surface area contributed by atoms with Crippen molar-refractivity contribution >= 4 is 18.3 Å². The minimum atomic E-state index is -0.555. The summed E-state index contributed by atoms with van der Waals surface area (Å²) in [5.41, 5.74) is 0.0600. The van der Waals surface area contributed by atoms with Gasteiger partial charge in [0.15, 0.2) is 0 Å². The first-order valence-electron chi connectivity index (χ1n) is 7.81. The smallest absolute Gasteiger partial charge is 0.223 e. The Bertz CT molecular complexity index is 532. The molecular formula is C16H22ClF2N3O. The third kappa shape index (κ3) is 4.40. The Hall–Kier alpha value is -1.24. The molecule has 0 spiro atoms. The van der Waals surface area contributed by atoms with Crippen LogP contribution in [-0.2, 0) is 4.79 Å². The molecule has 1 aliphatic heterocycles. The van der Waals surface area contributed by atoms with Gasteiger partial charge in [0.1, 0.15) is 11.6 Å². The third-order valence-corrected chi connectivity index (χ3v) is 4.43. The Morgan fingerprint density at radius 1 is 1.26 bits per heavy atom. The molecule has 2 fully saturated rings. The summed E-state index contributed by atoms with van der Waals surface area (Å²) >= 11 is 0. The maximum Gasteiger partial charge on any atom is 0.223 e. The van der Waals surface area contributed by atoms with Crippen LogP contribution in [0.3, 0.4) is 0 Å². The standard InChI is InChI=1S/C16H21F2N3O.ClH/c17-13-2-1-3-14(18)15(13)11-10-12(11)16(22)20-6-9-21-7-4-19-5-8-21;/h1-3,11-12,19H,4-10H2,(H,20,22);1H. The molecule has 4 nitrogen and oxygen atoms in total. The summed E-state index contributed by atoms with van der Waals surface area (Å²) in [6, 6.07) is 3.84. The predicted octanol–water partition coefficient (Wildman–Crippen LogP) is 1.51. The molecule has 23 heavy (non-hydrogen) atoms. The summed E-state index contributed by atoms with van der Waals surface area (Å²) in [6.45, 7) is 5.34. The number of benzene rings is 1. The maximum atomic E-state index is 13.7. The molecule has 1 aromatic rings. The quantitative estimate of drug-likeness (QED) is 0.850. The van der Waals surface area contributed by atoms with Crippen LogP contribution >= 0.6 is 12.4 Å². The highest BCUT2D eigenvalue weighted by molar-refractivity contribution is 5.85. The lowest BCUT2D eigenvalue weighted by atomic mass is 10.1. The van der Waals surface area contributed by atoms with Gasteiger partial charge in [-0.05, 0) is 18.6 Å². The number of nitrogens with zero attached hydrogens (tertiary/aromatic N) is 1. The van der Waals surface area contributed by atoms with Gasteiger partial charge in [-0.2, -0.15) is 0 Å². The van der Waals surface area contributed by atoms with E-state index in [0.29, 0.717) is 13.0 Å². The molecule has 1 saturated heterocycles. The number of amides is 1. The van der Waals surface area contributed by atoms with Gasteiger partial charge in [-0.3, -0.25) is 9.69 Å². The zero-order valence-corrected chi connectivity index (χ0v) is 13.7. The van der Waals surface area contributed by atoms with Crippen LogP contribution in [0.25, 0.3) is 0 Å². The molecule has 2 aliphatic rings. The lowest BCUT2D eigenvalue weighted by molar-refractivity contribution is -0.122. The molecule has 0 radical (unpaired) electrons. The van der Waals surface area contributed by atoms with Crippen LogP contribution < -0.4 is 10.6 Å². The predicted molar refractivity (Wildman–Crippen MR) is 86.8 cm³/mol. The Labute approximate surface area is 141 Å². The number of hydrogen-bond acceptors (Lipinski definition) is 3. The van der Waals surface area contributed by atoms with Gasteiger partial charge in [0.05, 0.1) is 0 Å². The number of carbonyl (C=O) groups excluding carboxylic acids is 1. The molecular weight excluding hydrogens is 324 g/mol. The van der Waals surface area contributed by atoms with Crippen molar-refractivity contribution in [2.75, 3.05) is 39.3 Å².